The quantitative estimate of drug-likeness (QED) is 0.332. The molecule has 0 fully saturated rings. The Hall–Kier alpha value is -2.07. The molecule has 0 heterocycles. The largest absolute Gasteiger partial charge is 0.481 e. The number of carboxylic acids is 1. The van der Waals surface area contributed by atoms with Crippen LogP contribution in [0.25, 0.3) is 0 Å². The highest BCUT2D eigenvalue weighted by atomic mass is 32.2. The zero-order chi connectivity index (χ0) is 26.5. The Balaban J connectivity index is 1.49. The molecule has 198 valence electrons. The number of rotatable bonds is 12. The highest BCUT2D eigenvalue weighted by Crippen LogP contribution is 2.36. The molecule has 2 aromatic carbocycles. The highest BCUT2D eigenvalue weighted by Gasteiger charge is 2.34. The van der Waals surface area contributed by atoms with E-state index >= 15 is 0 Å². The maximum absolute atomic E-state index is 13.5. The lowest BCUT2D eigenvalue weighted by atomic mass is 9.88. The van der Waals surface area contributed by atoms with Gasteiger partial charge in [-0.25, -0.2) is 4.31 Å². The summed E-state index contributed by atoms with van der Waals surface area (Å²) < 4.78 is 42.3. The van der Waals surface area contributed by atoms with E-state index in [0.717, 1.165) is 37.3 Å². The second-order valence-corrected chi connectivity index (χ2v) is 11.6. The van der Waals surface area contributed by atoms with Gasteiger partial charge in [-0.1, -0.05) is 30.3 Å². The highest BCUT2D eigenvalue weighted by molar-refractivity contribution is 7.97. The van der Waals surface area contributed by atoms with Gasteiger partial charge in [-0.05, 0) is 93.3 Å². The van der Waals surface area contributed by atoms with E-state index in [2.05, 4.69) is 43.4 Å². The molecule has 0 unspecified atom stereocenters. The third kappa shape index (κ3) is 8.50. The second-order valence-electron chi connectivity index (χ2n) is 10.3. The molecule has 0 bridgehead atoms. The minimum Gasteiger partial charge on any atom is -0.481 e. The normalized spacial score (nSPS) is 15.3. The molecule has 0 aromatic heterocycles. The number of halogens is 3. The van der Waals surface area contributed by atoms with Crippen LogP contribution < -0.4 is 5.32 Å². The molecule has 0 amide bonds. The zero-order valence-corrected chi connectivity index (χ0v) is 21.8. The van der Waals surface area contributed by atoms with Crippen molar-refractivity contribution in [3.05, 3.63) is 64.7 Å². The summed E-state index contributed by atoms with van der Waals surface area (Å²) >= 11 is 1.12. The molecule has 0 aliphatic heterocycles. The first-order valence-electron chi connectivity index (χ1n) is 12.1. The Bertz CT molecular complexity index is 1020. The number of benzene rings is 2. The lowest BCUT2D eigenvalue weighted by Crippen LogP contribution is -2.46. The van der Waals surface area contributed by atoms with Crippen LogP contribution in [-0.2, 0) is 30.2 Å². The summed E-state index contributed by atoms with van der Waals surface area (Å²) in [7, 11) is 1.72. The lowest BCUT2D eigenvalue weighted by Gasteiger charge is -2.31. The van der Waals surface area contributed by atoms with Crippen molar-refractivity contribution in [2.24, 2.45) is 5.92 Å². The molecule has 3 rings (SSSR count). The number of nitrogens with one attached hydrogen (secondary N) is 1. The van der Waals surface area contributed by atoms with Gasteiger partial charge in [0.2, 0.25) is 0 Å². The van der Waals surface area contributed by atoms with E-state index in [9.17, 15) is 23.1 Å². The summed E-state index contributed by atoms with van der Waals surface area (Å²) in [6.45, 7) is 4.90. The molecule has 36 heavy (non-hydrogen) atoms. The number of aliphatic hydroxyl groups is 1. The van der Waals surface area contributed by atoms with Gasteiger partial charge in [0, 0.05) is 29.9 Å². The standard InChI is InChI=1S/C27H35F3N2O3S/c1-26(2,15-18-12-20-6-4-5-7-21(20)13-18)31-16-22(33)17-32(3)36-23-10-8-19(9-11-25(34)35)24(14-23)27(28,29)30/h4-8,10,14,18,22,31,33H,9,11-13,15-17H2,1-3H3,(H,34,35)/t22-/m1/s1. The predicted octanol–water partition coefficient (Wildman–Crippen LogP) is 5.20. The van der Waals surface area contributed by atoms with Gasteiger partial charge in [0.25, 0.3) is 0 Å². The number of likely N-dealkylation sites (N-methyl/N-ethyl adjacent to an activating group) is 1. The Morgan fingerprint density at radius 2 is 1.81 bits per heavy atom. The molecule has 0 saturated carbocycles. The third-order valence-corrected chi connectivity index (χ3v) is 7.40. The molecule has 3 N–H and O–H groups in total. The monoisotopic (exact) mass is 524 g/mol. The number of aliphatic carboxylic acids is 1. The lowest BCUT2D eigenvalue weighted by molar-refractivity contribution is -0.140. The SMILES string of the molecule is CN(C[C@H](O)CNC(C)(C)CC1Cc2ccccc2C1)Sc1ccc(CCC(=O)O)c(C(F)(F)F)c1. The van der Waals surface area contributed by atoms with Crippen molar-refractivity contribution in [2.45, 2.75) is 68.7 Å². The molecular formula is C27H35F3N2O3S. The molecule has 5 nitrogen and oxygen atoms in total. The number of hydrogen-bond acceptors (Lipinski definition) is 5. The molecule has 0 spiro atoms. The van der Waals surface area contributed by atoms with Gasteiger partial charge in [0.05, 0.1) is 11.7 Å². The van der Waals surface area contributed by atoms with Crippen LogP contribution in [0.15, 0.2) is 47.4 Å². The summed E-state index contributed by atoms with van der Waals surface area (Å²) in [5.41, 5.74) is 1.82. The van der Waals surface area contributed by atoms with Gasteiger partial charge in [0.1, 0.15) is 0 Å². The van der Waals surface area contributed by atoms with Crippen LogP contribution in [0.3, 0.4) is 0 Å². The second kappa shape index (κ2) is 12.0. The Morgan fingerprint density at radius 1 is 1.17 bits per heavy atom. The smallest absolute Gasteiger partial charge is 0.416 e. The van der Waals surface area contributed by atoms with Gasteiger partial charge >= 0.3 is 12.1 Å². The van der Waals surface area contributed by atoms with E-state index in [-0.39, 0.29) is 30.5 Å². The van der Waals surface area contributed by atoms with Crippen molar-refractivity contribution in [3.63, 3.8) is 0 Å². The number of alkyl halides is 3. The fraction of sp³-hybridized carbons (Fsp3) is 0.519. The molecular weight excluding hydrogens is 489 g/mol. The number of nitrogens with zero attached hydrogens (tertiary/aromatic N) is 1. The third-order valence-electron chi connectivity index (χ3n) is 6.47. The van der Waals surface area contributed by atoms with Crippen molar-refractivity contribution in [2.75, 3.05) is 20.1 Å². The summed E-state index contributed by atoms with van der Waals surface area (Å²) in [6, 6.07) is 12.5. The van der Waals surface area contributed by atoms with Crippen LogP contribution >= 0.6 is 11.9 Å². The number of aliphatic hydroxyl groups excluding tert-OH is 1. The van der Waals surface area contributed by atoms with Crippen LogP contribution in [0.5, 0.6) is 0 Å². The minimum atomic E-state index is -4.57. The first-order chi connectivity index (χ1) is 16.8. The number of carbonyl (C=O) groups is 1. The number of β-amino-alcohol motifs (C(OH)–C–C–N with tert-alkyl or cyclic N) is 1. The van der Waals surface area contributed by atoms with E-state index < -0.39 is 23.8 Å². The molecule has 1 aliphatic rings. The van der Waals surface area contributed by atoms with Crippen molar-refractivity contribution < 1.29 is 28.2 Å². The number of fused-ring (bicyclic) bond motifs is 1. The number of hydrogen-bond donors (Lipinski definition) is 3. The minimum absolute atomic E-state index is 0.0336. The number of carboxylic acid groups (broad SMARTS) is 1. The zero-order valence-electron chi connectivity index (χ0n) is 20.9. The Labute approximate surface area is 215 Å². The molecule has 1 aliphatic carbocycles. The number of aryl methyl sites for hydroxylation is 1. The first kappa shape index (κ1) is 28.5. The Kier molecular flexibility index (Phi) is 9.49. The van der Waals surface area contributed by atoms with Gasteiger partial charge in [-0.2, -0.15) is 13.2 Å². The van der Waals surface area contributed by atoms with Gasteiger partial charge in [-0.15, -0.1) is 0 Å². The van der Waals surface area contributed by atoms with Crippen molar-refractivity contribution in [1.82, 2.24) is 9.62 Å². The summed E-state index contributed by atoms with van der Waals surface area (Å²) in [6.07, 6.45) is -2.70. The fourth-order valence-electron chi connectivity index (χ4n) is 4.90. The van der Waals surface area contributed by atoms with E-state index in [1.54, 1.807) is 17.4 Å². The van der Waals surface area contributed by atoms with Crippen LogP contribution in [0, 0.1) is 5.92 Å². The van der Waals surface area contributed by atoms with Gasteiger partial charge < -0.3 is 15.5 Å². The Morgan fingerprint density at radius 3 is 2.39 bits per heavy atom. The van der Waals surface area contributed by atoms with Gasteiger partial charge in [-0.3, -0.25) is 4.79 Å². The molecule has 0 saturated heterocycles. The maximum atomic E-state index is 13.5. The van der Waals surface area contributed by atoms with Crippen molar-refractivity contribution >= 4 is 17.9 Å². The van der Waals surface area contributed by atoms with Crippen LogP contribution in [0.1, 0.15) is 48.9 Å². The van der Waals surface area contributed by atoms with E-state index in [0.29, 0.717) is 17.4 Å². The first-order valence-corrected chi connectivity index (χ1v) is 12.9. The van der Waals surface area contributed by atoms with E-state index in [4.69, 9.17) is 5.11 Å². The summed E-state index contributed by atoms with van der Waals surface area (Å²) in [5, 5.41) is 22.8. The molecule has 1 atom stereocenters. The average Bonchev–Trinajstić information content (AvgIpc) is 3.17. The molecule has 2 aromatic rings. The fourth-order valence-corrected chi connectivity index (χ4v) is 5.80. The predicted molar refractivity (Wildman–Crippen MR) is 136 cm³/mol. The average molecular weight is 525 g/mol. The van der Waals surface area contributed by atoms with Crippen LogP contribution in [-0.4, -0.2) is 52.3 Å². The van der Waals surface area contributed by atoms with Gasteiger partial charge in [0.15, 0.2) is 0 Å². The van der Waals surface area contributed by atoms with Crippen molar-refractivity contribution in [1.29, 1.82) is 0 Å². The molecule has 9 heteroatoms. The van der Waals surface area contributed by atoms with Crippen LogP contribution in [0.4, 0.5) is 13.2 Å². The maximum Gasteiger partial charge on any atom is 0.416 e. The summed E-state index contributed by atoms with van der Waals surface area (Å²) in [5.74, 6) is -0.581. The van der Waals surface area contributed by atoms with E-state index in [1.807, 2.05) is 0 Å². The summed E-state index contributed by atoms with van der Waals surface area (Å²) in [4.78, 5) is 11.2. The van der Waals surface area contributed by atoms with Crippen molar-refractivity contribution in [3.8, 4) is 0 Å². The molecule has 0 radical (unpaired) electrons. The van der Waals surface area contributed by atoms with E-state index in [1.165, 1.54) is 17.2 Å². The van der Waals surface area contributed by atoms with Crippen LogP contribution in [0.2, 0.25) is 0 Å². The topological polar surface area (TPSA) is 72.8 Å².